The molecule has 0 aliphatic heterocycles. The van der Waals surface area contributed by atoms with Crippen LogP contribution in [0.4, 0.5) is 0 Å². The van der Waals surface area contributed by atoms with Gasteiger partial charge in [0.05, 0.1) is 7.11 Å². The Balaban J connectivity index is 5.48. The van der Waals surface area contributed by atoms with Crippen LogP contribution in [0.25, 0.3) is 0 Å². The number of carbonyl (C=O) groups is 4. The highest BCUT2D eigenvalue weighted by Crippen LogP contribution is 2.18. The molecule has 0 fully saturated rings. The summed E-state index contributed by atoms with van der Waals surface area (Å²) in [5, 5.41) is -0.0959. The number of thioether (sulfide) groups is 1. The van der Waals surface area contributed by atoms with Crippen molar-refractivity contribution in [2.75, 3.05) is 19.4 Å². The summed E-state index contributed by atoms with van der Waals surface area (Å²) >= 11 is 1.03. The number of hydrogen-bond acceptors (Lipinski definition) is 7. The number of amides is 1. The highest BCUT2D eigenvalue weighted by molar-refractivity contribution is 8.13. The fourth-order valence-electron chi connectivity index (χ4n) is 2.26. The fraction of sp³-hybridized carbons (Fsp3) is 0.778. The summed E-state index contributed by atoms with van der Waals surface area (Å²) in [5.41, 5.74) is -0.701. The summed E-state index contributed by atoms with van der Waals surface area (Å²) < 4.78 is 10.1. The number of carbonyl (C=O) groups excluding carboxylic acids is 4. The third kappa shape index (κ3) is 9.22. The zero-order chi connectivity index (χ0) is 20.5. The monoisotopic (exact) mass is 389 g/mol. The predicted octanol–water partition coefficient (Wildman–Crippen LogP) is 2.41. The molecular formula is C18H31NO6S. The average molecular weight is 390 g/mol. The van der Waals surface area contributed by atoms with Crippen LogP contribution in [-0.2, 0) is 28.7 Å². The van der Waals surface area contributed by atoms with E-state index >= 15 is 0 Å². The van der Waals surface area contributed by atoms with Gasteiger partial charge in [-0.1, -0.05) is 32.0 Å². The second kappa shape index (κ2) is 11.2. The molecule has 0 aliphatic rings. The minimum Gasteiger partial charge on any atom is -0.467 e. The van der Waals surface area contributed by atoms with Gasteiger partial charge in [0.1, 0.15) is 18.2 Å². The van der Waals surface area contributed by atoms with Crippen LogP contribution in [-0.4, -0.2) is 58.9 Å². The van der Waals surface area contributed by atoms with Gasteiger partial charge < -0.3 is 14.4 Å². The molecule has 150 valence electrons. The van der Waals surface area contributed by atoms with Gasteiger partial charge in [0.25, 0.3) is 0 Å². The minimum absolute atomic E-state index is 0.0959. The van der Waals surface area contributed by atoms with Crippen molar-refractivity contribution in [3.8, 4) is 0 Å². The molecule has 26 heavy (non-hydrogen) atoms. The highest BCUT2D eigenvalue weighted by atomic mass is 32.2. The van der Waals surface area contributed by atoms with Crippen LogP contribution < -0.4 is 0 Å². The number of ether oxygens (including phenoxy) is 2. The van der Waals surface area contributed by atoms with E-state index in [4.69, 9.17) is 9.47 Å². The van der Waals surface area contributed by atoms with Crippen LogP contribution in [0.2, 0.25) is 0 Å². The maximum atomic E-state index is 12.9. The topological polar surface area (TPSA) is 90.0 Å². The quantitative estimate of drug-likeness (QED) is 0.559. The number of methoxy groups -OCH3 is 1. The highest BCUT2D eigenvalue weighted by Gasteiger charge is 2.35. The minimum atomic E-state index is -0.866. The standard InChI is InChI=1S/C18H31NO6S/c1-8-9-14(17(23)24-7)19(10-15(21)25-18(4,5)6)16(22)12(2)11-26-13(3)20/h12,14H,8-11H2,1-7H3/t12-,14-/m1/s1. The summed E-state index contributed by atoms with van der Waals surface area (Å²) in [6, 6.07) is -0.866. The van der Waals surface area contributed by atoms with E-state index in [1.54, 1.807) is 27.7 Å². The summed E-state index contributed by atoms with van der Waals surface area (Å²) in [7, 11) is 1.25. The molecule has 2 atom stereocenters. The third-order valence-corrected chi connectivity index (χ3v) is 4.45. The smallest absolute Gasteiger partial charge is 0.328 e. The maximum Gasteiger partial charge on any atom is 0.328 e. The molecule has 0 bridgehead atoms. The number of hydrogen-bond donors (Lipinski definition) is 0. The van der Waals surface area contributed by atoms with E-state index in [-0.39, 0.29) is 23.3 Å². The number of rotatable bonds is 9. The van der Waals surface area contributed by atoms with Gasteiger partial charge >= 0.3 is 11.9 Å². The number of esters is 2. The van der Waals surface area contributed by atoms with Crippen molar-refractivity contribution in [3.05, 3.63) is 0 Å². The van der Waals surface area contributed by atoms with Crippen LogP contribution in [0.15, 0.2) is 0 Å². The molecule has 1 amide bonds. The van der Waals surface area contributed by atoms with Crippen LogP contribution in [0, 0.1) is 5.92 Å². The first-order chi connectivity index (χ1) is 11.9. The lowest BCUT2D eigenvalue weighted by Crippen LogP contribution is -2.51. The van der Waals surface area contributed by atoms with E-state index in [1.807, 2.05) is 6.92 Å². The lowest BCUT2D eigenvalue weighted by molar-refractivity contribution is -0.164. The molecule has 0 saturated carbocycles. The van der Waals surface area contributed by atoms with Crippen LogP contribution in [0.5, 0.6) is 0 Å². The molecule has 0 aromatic carbocycles. The van der Waals surface area contributed by atoms with Gasteiger partial charge in [-0.3, -0.25) is 14.4 Å². The Morgan fingerprint density at radius 3 is 2.15 bits per heavy atom. The average Bonchev–Trinajstić information content (AvgIpc) is 2.52. The maximum absolute atomic E-state index is 12.9. The first kappa shape index (κ1) is 24.4. The first-order valence-electron chi connectivity index (χ1n) is 8.66. The first-order valence-corrected chi connectivity index (χ1v) is 9.65. The molecule has 0 heterocycles. The van der Waals surface area contributed by atoms with Crippen molar-refractivity contribution >= 4 is 34.7 Å². The van der Waals surface area contributed by atoms with Gasteiger partial charge in [-0.2, -0.15) is 0 Å². The molecule has 0 saturated heterocycles. The van der Waals surface area contributed by atoms with Crippen LogP contribution in [0.3, 0.4) is 0 Å². The molecule has 0 aliphatic carbocycles. The predicted molar refractivity (Wildman–Crippen MR) is 101 cm³/mol. The zero-order valence-corrected chi connectivity index (χ0v) is 17.6. The van der Waals surface area contributed by atoms with Gasteiger partial charge in [-0.05, 0) is 27.2 Å². The van der Waals surface area contributed by atoms with Crippen molar-refractivity contribution in [1.82, 2.24) is 4.90 Å². The Bertz CT molecular complexity index is 514. The lowest BCUT2D eigenvalue weighted by atomic mass is 10.1. The molecule has 0 aromatic heterocycles. The second-order valence-corrected chi connectivity index (χ2v) is 8.28. The van der Waals surface area contributed by atoms with Crippen LogP contribution in [0.1, 0.15) is 54.4 Å². The van der Waals surface area contributed by atoms with Crippen LogP contribution >= 0.6 is 11.8 Å². The van der Waals surface area contributed by atoms with E-state index in [2.05, 4.69) is 0 Å². The molecule has 8 heteroatoms. The summed E-state index contributed by atoms with van der Waals surface area (Å²) in [6.07, 6.45) is 1.00. The van der Waals surface area contributed by atoms with E-state index < -0.39 is 29.5 Å². The summed E-state index contributed by atoms with van der Waals surface area (Å²) in [6.45, 7) is 9.81. The van der Waals surface area contributed by atoms with Crippen molar-refractivity contribution < 1.29 is 28.7 Å². The molecule has 0 unspecified atom stereocenters. The third-order valence-electron chi connectivity index (χ3n) is 3.37. The Kier molecular flexibility index (Phi) is 10.5. The van der Waals surface area contributed by atoms with Crippen molar-refractivity contribution in [2.24, 2.45) is 5.92 Å². The van der Waals surface area contributed by atoms with E-state index in [9.17, 15) is 19.2 Å². The van der Waals surface area contributed by atoms with E-state index in [1.165, 1.54) is 18.9 Å². The molecule has 7 nitrogen and oxygen atoms in total. The molecule has 0 spiro atoms. The normalized spacial score (nSPS) is 13.5. The van der Waals surface area contributed by atoms with Gasteiger partial charge in [0, 0.05) is 18.6 Å². The second-order valence-electron chi connectivity index (χ2n) is 7.08. The zero-order valence-electron chi connectivity index (χ0n) is 16.8. The van der Waals surface area contributed by atoms with Crippen molar-refractivity contribution in [1.29, 1.82) is 0 Å². The Labute approximate surface area is 160 Å². The van der Waals surface area contributed by atoms with Gasteiger partial charge in [0.2, 0.25) is 5.91 Å². The molecule has 0 rings (SSSR count). The summed E-state index contributed by atoms with van der Waals surface area (Å²) in [5.74, 6) is -1.81. The van der Waals surface area contributed by atoms with E-state index in [0.29, 0.717) is 12.8 Å². The largest absolute Gasteiger partial charge is 0.467 e. The van der Waals surface area contributed by atoms with E-state index in [0.717, 1.165) is 11.8 Å². The molecule has 0 N–H and O–H groups in total. The fourth-order valence-corrected chi connectivity index (χ4v) is 2.89. The van der Waals surface area contributed by atoms with Gasteiger partial charge in [-0.25, -0.2) is 4.79 Å². The Hall–Kier alpha value is -1.57. The molecular weight excluding hydrogens is 358 g/mol. The number of nitrogens with zero attached hydrogens (tertiary/aromatic N) is 1. The van der Waals surface area contributed by atoms with Gasteiger partial charge in [0.15, 0.2) is 5.12 Å². The Morgan fingerprint density at radius 1 is 1.15 bits per heavy atom. The van der Waals surface area contributed by atoms with Crippen molar-refractivity contribution in [3.63, 3.8) is 0 Å². The molecule has 0 radical (unpaired) electrons. The summed E-state index contributed by atoms with van der Waals surface area (Å²) in [4.78, 5) is 49.7. The molecule has 0 aromatic rings. The van der Waals surface area contributed by atoms with Gasteiger partial charge in [-0.15, -0.1) is 0 Å². The SMILES string of the molecule is CCC[C@H](C(=O)OC)N(CC(=O)OC(C)(C)C)C(=O)[C@H](C)CSC(C)=O. The van der Waals surface area contributed by atoms with Crippen molar-refractivity contribution in [2.45, 2.75) is 66.0 Å². The Morgan fingerprint density at radius 2 is 1.73 bits per heavy atom. The lowest BCUT2D eigenvalue weighted by Gasteiger charge is -2.32.